The molecule has 0 amide bonds. The highest BCUT2D eigenvalue weighted by Gasteiger charge is 2.45. The van der Waals surface area contributed by atoms with Crippen LogP contribution in [0.5, 0.6) is 0 Å². The number of aromatic nitrogens is 1. The van der Waals surface area contributed by atoms with Gasteiger partial charge >= 0.3 is 0 Å². The van der Waals surface area contributed by atoms with Crippen molar-refractivity contribution >= 4 is 5.69 Å². The van der Waals surface area contributed by atoms with Crippen molar-refractivity contribution in [2.24, 2.45) is 0 Å². The molecule has 2 N–H and O–H groups in total. The maximum atomic E-state index is 13.9. The van der Waals surface area contributed by atoms with Crippen molar-refractivity contribution < 1.29 is 8.78 Å². The van der Waals surface area contributed by atoms with Crippen LogP contribution in [0.25, 0.3) is 0 Å². The molecule has 1 atom stereocenters. The molecule has 94 valence electrons. The minimum Gasteiger partial charge on any atom is -0.394 e. The van der Waals surface area contributed by atoms with E-state index in [2.05, 4.69) is 0 Å². The van der Waals surface area contributed by atoms with E-state index < -0.39 is 17.5 Å². The summed E-state index contributed by atoms with van der Waals surface area (Å²) in [5.74, 6) is -2.91. The van der Waals surface area contributed by atoms with E-state index in [4.69, 9.17) is 5.73 Å². The fourth-order valence-corrected chi connectivity index (χ4v) is 2.21. The second-order valence-corrected chi connectivity index (χ2v) is 4.48. The van der Waals surface area contributed by atoms with Gasteiger partial charge in [0.05, 0.1) is 12.2 Å². The number of rotatable bonds is 1. The van der Waals surface area contributed by atoms with Gasteiger partial charge in [-0.25, -0.2) is 8.78 Å². The van der Waals surface area contributed by atoms with Crippen LogP contribution in [0.3, 0.4) is 0 Å². The predicted molar refractivity (Wildman–Crippen MR) is 61.2 cm³/mol. The molecule has 0 radical (unpaired) electrons. The number of piperidine rings is 1. The molecule has 1 aromatic rings. The van der Waals surface area contributed by atoms with E-state index in [1.807, 2.05) is 0 Å². The van der Waals surface area contributed by atoms with Gasteiger partial charge in [-0.3, -0.25) is 4.79 Å². The van der Waals surface area contributed by atoms with Crippen LogP contribution in [0.15, 0.2) is 23.1 Å². The molecule has 1 aliphatic rings. The minimum absolute atomic E-state index is 0.00206. The largest absolute Gasteiger partial charge is 0.394 e. The quantitative estimate of drug-likeness (QED) is 0.798. The first-order chi connectivity index (χ1) is 7.92. The third-order valence-electron chi connectivity index (χ3n) is 3.09. The van der Waals surface area contributed by atoms with Crippen LogP contribution in [0.2, 0.25) is 0 Å². The molecule has 0 saturated carbocycles. The maximum absolute atomic E-state index is 13.9. The van der Waals surface area contributed by atoms with Crippen LogP contribution in [-0.4, -0.2) is 35.5 Å². The Bertz CT molecular complexity index is 472. The summed E-state index contributed by atoms with van der Waals surface area (Å²) >= 11 is 0. The average Bonchev–Trinajstić information content (AvgIpc) is 2.22. The fourth-order valence-electron chi connectivity index (χ4n) is 2.21. The first-order valence-electron chi connectivity index (χ1n) is 5.45. The molecule has 0 aliphatic carbocycles. The predicted octanol–water partition coefficient (Wildman–Crippen LogP) is 0.942. The van der Waals surface area contributed by atoms with Gasteiger partial charge in [0.1, 0.15) is 6.04 Å². The van der Waals surface area contributed by atoms with E-state index in [-0.39, 0.29) is 18.7 Å². The minimum atomic E-state index is -2.91. The summed E-state index contributed by atoms with van der Waals surface area (Å²) in [6.07, 6.45) is 1.62. The van der Waals surface area contributed by atoms with Crippen molar-refractivity contribution in [3.05, 3.63) is 28.7 Å². The summed E-state index contributed by atoms with van der Waals surface area (Å²) in [6, 6.07) is 1.84. The zero-order valence-corrected chi connectivity index (χ0v) is 9.57. The lowest BCUT2D eigenvalue weighted by Gasteiger charge is -2.37. The smallest absolute Gasteiger partial charge is 0.280 e. The molecule has 1 saturated heterocycles. The fraction of sp³-hybridized carbons (Fsp3) is 0.545. The Morgan fingerprint density at radius 1 is 1.53 bits per heavy atom. The summed E-state index contributed by atoms with van der Waals surface area (Å²) < 4.78 is 28.8. The zero-order valence-electron chi connectivity index (χ0n) is 9.57. The lowest BCUT2D eigenvalue weighted by Crippen LogP contribution is -2.49. The zero-order chi connectivity index (χ0) is 12.6. The number of hydrogen-bond acceptors (Lipinski definition) is 3. The van der Waals surface area contributed by atoms with Crippen molar-refractivity contribution in [1.29, 1.82) is 0 Å². The van der Waals surface area contributed by atoms with Gasteiger partial charge in [-0.15, -0.1) is 0 Å². The third-order valence-corrected chi connectivity index (χ3v) is 3.09. The van der Waals surface area contributed by atoms with Crippen LogP contribution < -0.4 is 11.3 Å². The Labute approximate surface area is 97.6 Å². The van der Waals surface area contributed by atoms with Gasteiger partial charge in [-0.05, 0) is 25.6 Å². The van der Waals surface area contributed by atoms with Crippen molar-refractivity contribution in [2.45, 2.75) is 18.4 Å². The Morgan fingerprint density at radius 3 is 2.88 bits per heavy atom. The number of nitrogens with zero attached hydrogens (tertiary/aromatic N) is 2. The summed E-state index contributed by atoms with van der Waals surface area (Å²) in [5.41, 5.74) is 4.92. The van der Waals surface area contributed by atoms with Gasteiger partial charge in [0.15, 0.2) is 0 Å². The Kier molecular flexibility index (Phi) is 2.91. The number of hydrogen-bond donors (Lipinski definition) is 1. The Morgan fingerprint density at radius 2 is 2.24 bits per heavy atom. The van der Waals surface area contributed by atoms with Gasteiger partial charge in [0, 0.05) is 12.7 Å². The summed E-state index contributed by atoms with van der Waals surface area (Å²) in [5, 5.41) is 0. The van der Waals surface area contributed by atoms with Crippen molar-refractivity contribution in [3.63, 3.8) is 0 Å². The molecule has 1 aliphatic heterocycles. The van der Waals surface area contributed by atoms with Gasteiger partial charge in [0.2, 0.25) is 0 Å². The van der Waals surface area contributed by atoms with Crippen LogP contribution in [0.4, 0.5) is 14.5 Å². The molecule has 2 rings (SSSR count). The second-order valence-electron chi connectivity index (χ2n) is 4.48. The van der Waals surface area contributed by atoms with Gasteiger partial charge in [0.25, 0.3) is 11.5 Å². The van der Waals surface area contributed by atoms with E-state index >= 15 is 0 Å². The van der Waals surface area contributed by atoms with E-state index in [0.717, 1.165) is 4.57 Å². The van der Waals surface area contributed by atoms with E-state index in [0.29, 0.717) is 6.54 Å². The van der Waals surface area contributed by atoms with E-state index in [9.17, 15) is 13.6 Å². The molecule has 1 aromatic heterocycles. The summed E-state index contributed by atoms with van der Waals surface area (Å²) in [7, 11) is 1.65. The maximum Gasteiger partial charge on any atom is 0.280 e. The number of likely N-dealkylation sites (tertiary alicyclic amines) is 1. The van der Waals surface area contributed by atoms with Crippen LogP contribution in [-0.2, 0) is 0 Å². The van der Waals surface area contributed by atoms with Crippen molar-refractivity contribution in [1.82, 2.24) is 9.47 Å². The van der Waals surface area contributed by atoms with Gasteiger partial charge in [-0.2, -0.15) is 0 Å². The summed E-state index contributed by atoms with van der Waals surface area (Å²) in [6.45, 7) is 0.209. The number of nitrogens with two attached hydrogens (primary N) is 1. The van der Waals surface area contributed by atoms with Crippen molar-refractivity contribution in [2.75, 3.05) is 25.9 Å². The number of anilines is 1. The normalized spacial score (nSPS) is 24.8. The molecule has 17 heavy (non-hydrogen) atoms. The van der Waals surface area contributed by atoms with Gasteiger partial charge < -0.3 is 15.2 Å². The Balaban J connectivity index is 2.40. The molecule has 1 fully saturated rings. The number of pyridine rings is 1. The van der Waals surface area contributed by atoms with Crippen molar-refractivity contribution in [3.8, 4) is 0 Å². The SMILES string of the molecule is CN1CCC(n2cccc(N)c2=O)C(F)(F)C1. The van der Waals surface area contributed by atoms with E-state index in [1.165, 1.54) is 18.3 Å². The third kappa shape index (κ3) is 2.17. The van der Waals surface area contributed by atoms with Gasteiger partial charge in [-0.1, -0.05) is 0 Å². The molecule has 0 aromatic carbocycles. The lowest BCUT2D eigenvalue weighted by atomic mass is 10.0. The molecule has 0 bridgehead atoms. The molecule has 0 spiro atoms. The standard InChI is InChI=1S/C11H15F2N3O/c1-15-6-4-9(11(12,13)7-15)16-5-2-3-8(14)10(16)17/h2-3,5,9H,4,6-7,14H2,1H3. The highest BCUT2D eigenvalue weighted by atomic mass is 19.3. The second kappa shape index (κ2) is 4.10. The van der Waals surface area contributed by atoms with Crippen LogP contribution >= 0.6 is 0 Å². The highest BCUT2D eigenvalue weighted by molar-refractivity contribution is 5.33. The summed E-state index contributed by atoms with van der Waals surface area (Å²) in [4.78, 5) is 13.3. The molecular formula is C11H15F2N3O. The molecule has 1 unspecified atom stereocenters. The van der Waals surface area contributed by atoms with Crippen LogP contribution in [0.1, 0.15) is 12.5 Å². The molecular weight excluding hydrogens is 228 g/mol. The number of halogens is 2. The lowest BCUT2D eigenvalue weighted by molar-refractivity contribution is -0.0988. The monoisotopic (exact) mass is 243 g/mol. The highest BCUT2D eigenvalue weighted by Crippen LogP contribution is 2.35. The first kappa shape index (κ1) is 12.0. The Hall–Kier alpha value is -1.43. The molecule has 2 heterocycles. The number of nitrogen functional groups attached to an aromatic ring is 1. The average molecular weight is 243 g/mol. The van der Waals surface area contributed by atoms with E-state index in [1.54, 1.807) is 11.9 Å². The first-order valence-corrected chi connectivity index (χ1v) is 5.45. The molecule has 6 heteroatoms. The topological polar surface area (TPSA) is 51.3 Å². The molecule has 4 nitrogen and oxygen atoms in total. The number of alkyl halides is 2. The van der Waals surface area contributed by atoms with Crippen LogP contribution in [0, 0.1) is 0 Å².